The number of hydrogen-bond donors (Lipinski definition) is 1. The van der Waals surface area contributed by atoms with E-state index in [4.69, 9.17) is 9.47 Å². The van der Waals surface area contributed by atoms with Crippen LogP contribution in [0.2, 0.25) is 0 Å². The Labute approximate surface area is 158 Å². The van der Waals surface area contributed by atoms with Gasteiger partial charge in [-0.1, -0.05) is 6.07 Å². The third-order valence-corrected chi connectivity index (χ3v) is 5.19. The number of nitrogens with one attached hydrogen (secondary N) is 1. The molecule has 0 unspecified atom stereocenters. The largest absolute Gasteiger partial charge is 0.493 e. The van der Waals surface area contributed by atoms with Crippen molar-refractivity contribution in [1.29, 1.82) is 0 Å². The van der Waals surface area contributed by atoms with Gasteiger partial charge in [0.15, 0.2) is 11.5 Å². The van der Waals surface area contributed by atoms with Crippen LogP contribution >= 0.6 is 0 Å². The van der Waals surface area contributed by atoms with Crippen molar-refractivity contribution in [2.45, 2.75) is 18.8 Å². The fraction of sp³-hybridized carbons (Fsp3) is 0.333. The molecule has 0 aliphatic carbocycles. The van der Waals surface area contributed by atoms with E-state index < -0.39 is 0 Å². The maximum atomic E-state index is 13.2. The molecule has 4 rings (SSSR count). The van der Waals surface area contributed by atoms with Crippen molar-refractivity contribution in [3.63, 3.8) is 0 Å². The summed E-state index contributed by atoms with van der Waals surface area (Å²) in [4.78, 5) is 22.9. The summed E-state index contributed by atoms with van der Waals surface area (Å²) in [6, 6.07) is 11.5. The average Bonchev–Trinajstić information content (AvgIpc) is 3.17. The van der Waals surface area contributed by atoms with E-state index in [9.17, 15) is 4.79 Å². The Bertz CT molecular complexity index is 933. The van der Waals surface area contributed by atoms with Crippen LogP contribution in [0.5, 0.6) is 11.5 Å². The summed E-state index contributed by atoms with van der Waals surface area (Å²) in [5.41, 5.74) is 3.67. The van der Waals surface area contributed by atoms with Crippen molar-refractivity contribution in [3.8, 4) is 11.5 Å². The van der Waals surface area contributed by atoms with Gasteiger partial charge in [-0.15, -0.1) is 0 Å². The Hall–Kier alpha value is -3.02. The van der Waals surface area contributed by atoms with Crippen LogP contribution < -0.4 is 9.47 Å². The van der Waals surface area contributed by atoms with E-state index in [-0.39, 0.29) is 11.8 Å². The van der Waals surface area contributed by atoms with Gasteiger partial charge in [-0.25, -0.2) is 0 Å². The molecule has 27 heavy (non-hydrogen) atoms. The highest BCUT2D eigenvalue weighted by Gasteiger charge is 2.28. The zero-order valence-electron chi connectivity index (χ0n) is 15.6. The minimum atomic E-state index is -0.0234. The summed E-state index contributed by atoms with van der Waals surface area (Å²) >= 11 is 0. The first-order valence-electron chi connectivity index (χ1n) is 9.15. The van der Waals surface area contributed by atoms with Crippen molar-refractivity contribution in [2.75, 3.05) is 27.3 Å². The molecule has 1 aromatic carbocycles. The summed E-state index contributed by atoms with van der Waals surface area (Å²) < 4.78 is 10.8. The van der Waals surface area contributed by atoms with Gasteiger partial charge in [0.05, 0.1) is 30.8 Å². The summed E-state index contributed by atoms with van der Waals surface area (Å²) in [5, 5.41) is 0. The van der Waals surface area contributed by atoms with Crippen LogP contribution in [0.4, 0.5) is 0 Å². The molecule has 1 aliphatic heterocycles. The zero-order chi connectivity index (χ0) is 18.8. The van der Waals surface area contributed by atoms with Gasteiger partial charge in [-0.3, -0.25) is 9.78 Å². The standard InChI is InChI=1S/C21H23N3O3/c1-26-19-9-3-7-15(20(19)27-2)21(25)24-11-5-6-14(13-24)17-12-18-16(23-17)8-4-10-22-18/h3-4,7-10,12,14,23H,5-6,11,13H2,1-2H3/t14-/m1/s1. The summed E-state index contributed by atoms with van der Waals surface area (Å²) in [6.07, 6.45) is 3.81. The number of methoxy groups -OCH3 is 2. The van der Waals surface area contributed by atoms with E-state index >= 15 is 0 Å². The van der Waals surface area contributed by atoms with Crippen LogP contribution in [0.25, 0.3) is 11.0 Å². The topological polar surface area (TPSA) is 67.5 Å². The highest BCUT2D eigenvalue weighted by Crippen LogP contribution is 2.34. The van der Waals surface area contributed by atoms with Crippen molar-refractivity contribution < 1.29 is 14.3 Å². The van der Waals surface area contributed by atoms with Gasteiger partial charge in [0.2, 0.25) is 0 Å². The number of piperidine rings is 1. The predicted molar refractivity (Wildman–Crippen MR) is 104 cm³/mol. The van der Waals surface area contributed by atoms with E-state index in [1.165, 1.54) is 0 Å². The minimum Gasteiger partial charge on any atom is -0.493 e. The number of H-pyrrole nitrogens is 1. The number of rotatable bonds is 4. The smallest absolute Gasteiger partial charge is 0.257 e. The molecular weight excluding hydrogens is 342 g/mol. The number of aromatic nitrogens is 2. The molecule has 0 spiro atoms. The minimum absolute atomic E-state index is 0.0234. The van der Waals surface area contributed by atoms with Gasteiger partial charge in [0.25, 0.3) is 5.91 Å². The molecule has 6 nitrogen and oxygen atoms in total. The Morgan fingerprint density at radius 2 is 2.11 bits per heavy atom. The van der Waals surface area contributed by atoms with Crippen molar-refractivity contribution in [3.05, 3.63) is 53.9 Å². The molecule has 1 atom stereocenters. The fourth-order valence-electron chi connectivity index (χ4n) is 3.84. The Morgan fingerprint density at radius 1 is 1.22 bits per heavy atom. The number of hydrogen-bond acceptors (Lipinski definition) is 4. The zero-order valence-corrected chi connectivity index (χ0v) is 15.6. The van der Waals surface area contributed by atoms with Gasteiger partial charge in [0.1, 0.15) is 0 Å². The SMILES string of the molecule is COc1cccc(C(=O)N2CCC[C@@H](c3cc4ncccc4[nH]3)C2)c1OC. The van der Waals surface area contributed by atoms with Crippen LogP contribution in [0, 0.1) is 0 Å². The van der Waals surface area contributed by atoms with E-state index in [2.05, 4.69) is 16.0 Å². The number of fused-ring (bicyclic) bond motifs is 1. The number of carbonyl (C=O) groups excluding carboxylic acids is 1. The van der Waals surface area contributed by atoms with Crippen molar-refractivity contribution in [1.82, 2.24) is 14.9 Å². The number of ether oxygens (including phenoxy) is 2. The third-order valence-electron chi connectivity index (χ3n) is 5.19. The first kappa shape index (κ1) is 17.4. The maximum Gasteiger partial charge on any atom is 0.257 e. The average molecular weight is 365 g/mol. The van der Waals surface area contributed by atoms with Gasteiger partial charge in [-0.05, 0) is 43.2 Å². The molecule has 1 aliphatic rings. The number of amides is 1. The molecular formula is C21H23N3O3. The number of nitrogens with zero attached hydrogens (tertiary/aromatic N) is 2. The normalized spacial score (nSPS) is 17.1. The molecule has 6 heteroatoms. The molecule has 1 saturated heterocycles. The van der Waals surface area contributed by atoms with E-state index in [0.717, 1.165) is 36.1 Å². The molecule has 3 heterocycles. The fourth-order valence-corrected chi connectivity index (χ4v) is 3.84. The second-order valence-corrected chi connectivity index (χ2v) is 6.79. The number of benzene rings is 1. The van der Waals surface area contributed by atoms with Crippen LogP contribution in [-0.4, -0.2) is 48.1 Å². The summed E-state index contributed by atoms with van der Waals surface area (Å²) in [6.45, 7) is 1.42. The monoisotopic (exact) mass is 365 g/mol. The predicted octanol–water partition coefficient (Wildman–Crippen LogP) is 3.60. The molecule has 0 saturated carbocycles. The number of carbonyl (C=O) groups is 1. The lowest BCUT2D eigenvalue weighted by Crippen LogP contribution is -2.39. The first-order valence-corrected chi connectivity index (χ1v) is 9.15. The first-order chi connectivity index (χ1) is 13.2. The second-order valence-electron chi connectivity index (χ2n) is 6.79. The van der Waals surface area contributed by atoms with Crippen molar-refractivity contribution in [2.24, 2.45) is 0 Å². The van der Waals surface area contributed by atoms with Crippen LogP contribution in [-0.2, 0) is 0 Å². The van der Waals surface area contributed by atoms with E-state index in [1.54, 1.807) is 32.5 Å². The van der Waals surface area contributed by atoms with Crippen LogP contribution in [0.3, 0.4) is 0 Å². The number of aromatic amines is 1. The molecule has 1 fully saturated rings. The number of pyridine rings is 1. The van der Waals surface area contributed by atoms with Gasteiger partial charge < -0.3 is 19.4 Å². The van der Waals surface area contributed by atoms with E-state index in [1.807, 2.05) is 23.1 Å². The molecule has 1 N–H and O–H groups in total. The quantitative estimate of drug-likeness (QED) is 0.767. The van der Waals surface area contributed by atoms with Crippen LogP contribution in [0.15, 0.2) is 42.6 Å². The molecule has 2 aromatic heterocycles. The van der Waals surface area contributed by atoms with E-state index in [0.29, 0.717) is 23.6 Å². The van der Waals surface area contributed by atoms with Gasteiger partial charge in [0, 0.05) is 30.9 Å². The molecule has 140 valence electrons. The maximum absolute atomic E-state index is 13.2. The lowest BCUT2D eigenvalue weighted by molar-refractivity contribution is 0.0702. The molecule has 3 aromatic rings. The van der Waals surface area contributed by atoms with Crippen molar-refractivity contribution >= 4 is 16.9 Å². The lowest BCUT2D eigenvalue weighted by Gasteiger charge is -2.32. The highest BCUT2D eigenvalue weighted by atomic mass is 16.5. The lowest BCUT2D eigenvalue weighted by atomic mass is 9.94. The Morgan fingerprint density at radius 3 is 2.89 bits per heavy atom. The molecule has 0 bridgehead atoms. The summed E-state index contributed by atoms with van der Waals surface area (Å²) in [5.74, 6) is 1.30. The number of likely N-dealkylation sites (tertiary alicyclic amines) is 1. The van der Waals surface area contributed by atoms with Crippen LogP contribution in [0.1, 0.15) is 34.8 Å². The highest BCUT2D eigenvalue weighted by molar-refractivity contribution is 5.98. The molecule has 0 radical (unpaired) electrons. The van der Waals surface area contributed by atoms with Gasteiger partial charge >= 0.3 is 0 Å². The Balaban J connectivity index is 1.59. The number of para-hydroxylation sites is 1. The second kappa shape index (κ2) is 7.31. The Kier molecular flexibility index (Phi) is 4.71. The molecule has 1 amide bonds. The van der Waals surface area contributed by atoms with Gasteiger partial charge in [-0.2, -0.15) is 0 Å². The summed E-state index contributed by atoms with van der Waals surface area (Å²) in [7, 11) is 3.14. The third kappa shape index (κ3) is 3.23.